The molecule has 0 unspecified atom stereocenters. The van der Waals surface area contributed by atoms with Gasteiger partial charge in [0.05, 0.1) is 11.7 Å². The smallest absolute Gasteiger partial charge is 0.174 e. The van der Waals surface area contributed by atoms with E-state index in [2.05, 4.69) is 83.6 Å². The maximum absolute atomic E-state index is 6.39. The van der Waals surface area contributed by atoms with Crippen LogP contribution in [0.3, 0.4) is 0 Å². The molecule has 2 aromatic carbocycles. The van der Waals surface area contributed by atoms with E-state index in [4.69, 9.17) is 16.6 Å². The van der Waals surface area contributed by atoms with E-state index in [-0.39, 0.29) is 12.1 Å². The molecule has 1 aliphatic heterocycles. The highest BCUT2D eigenvalue weighted by atomic mass is 32.2. The van der Waals surface area contributed by atoms with Gasteiger partial charge in [0.2, 0.25) is 0 Å². The second-order valence-corrected chi connectivity index (χ2v) is 9.55. The Morgan fingerprint density at radius 3 is 2.48 bits per heavy atom. The van der Waals surface area contributed by atoms with Gasteiger partial charge in [-0.25, -0.2) is 0 Å². The highest BCUT2D eigenvalue weighted by Gasteiger charge is 2.42. The van der Waals surface area contributed by atoms with Crippen LogP contribution >= 0.6 is 24.0 Å². The summed E-state index contributed by atoms with van der Waals surface area (Å²) in [6.45, 7) is 4.25. The van der Waals surface area contributed by atoms with Crippen LogP contribution in [0, 0.1) is 6.92 Å². The van der Waals surface area contributed by atoms with Crippen molar-refractivity contribution in [2.75, 3.05) is 4.90 Å². The molecule has 0 aliphatic carbocycles. The van der Waals surface area contributed by atoms with Gasteiger partial charge in [-0.2, -0.15) is 0 Å². The molecular weight excluding hydrogens is 446 g/mol. The number of hydrogen-bond donors (Lipinski definition) is 1. The molecule has 1 aliphatic rings. The third-order valence-electron chi connectivity index (χ3n) is 5.85. The van der Waals surface area contributed by atoms with E-state index in [9.17, 15) is 0 Å². The van der Waals surface area contributed by atoms with Crippen molar-refractivity contribution >= 4 is 34.8 Å². The van der Waals surface area contributed by atoms with E-state index >= 15 is 0 Å². The molecule has 0 bridgehead atoms. The second-order valence-electron chi connectivity index (χ2n) is 8.09. The van der Waals surface area contributed by atoms with E-state index in [1.165, 1.54) is 11.1 Å². The molecule has 0 radical (unpaired) electrons. The predicted octanol–water partition coefficient (Wildman–Crippen LogP) is 6.87. The molecule has 5 rings (SSSR count). The molecule has 166 valence electrons. The Kier molecular flexibility index (Phi) is 6.20. The lowest BCUT2D eigenvalue weighted by molar-refractivity contribution is 0.383. The number of aromatic nitrogens is 1. The van der Waals surface area contributed by atoms with Crippen LogP contribution in [0.25, 0.3) is 0 Å². The Bertz CT molecular complexity index is 1240. The lowest BCUT2D eigenvalue weighted by atomic mass is 10.0. The first-order chi connectivity index (χ1) is 16.1. The number of nitrogens with one attached hydrogen (secondary N) is 1. The fourth-order valence-corrected chi connectivity index (χ4v) is 5.21. The summed E-state index contributed by atoms with van der Waals surface area (Å²) >= 11 is 7.42. The van der Waals surface area contributed by atoms with Crippen LogP contribution in [0.4, 0.5) is 5.69 Å². The highest BCUT2D eigenvalue weighted by Crippen LogP contribution is 2.43. The van der Waals surface area contributed by atoms with Crippen LogP contribution in [0.15, 0.2) is 99.5 Å². The lowest BCUT2D eigenvalue weighted by Crippen LogP contribution is -2.29. The number of furan rings is 1. The first kappa shape index (κ1) is 21.7. The summed E-state index contributed by atoms with van der Waals surface area (Å²) in [5.41, 5.74) is 4.51. The molecule has 4 aromatic rings. The number of benzene rings is 2. The molecule has 1 N–H and O–H groups in total. The van der Waals surface area contributed by atoms with Crippen LogP contribution in [-0.4, -0.2) is 10.1 Å². The lowest BCUT2D eigenvalue weighted by Gasteiger charge is -2.26. The molecule has 33 heavy (non-hydrogen) atoms. The van der Waals surface area contributed by atoms with Gasteiger partial charge in [-0.1, -0.05) is 54.6 Å². The third kappa shape index (κ3) is 4.54. The summed E-state index contributed by atoms with van der Waals surface area (Å²) in [4.78, 5) is 7.91. The SMILES string of the molecule is CCc1ccc(N2C(=S)N[C@@H](c3ccccn3)[C@@H]2c2ccc(Sc3ccc(C)cc3)o2)cc1. The van der Waals surface area contributed by atoms with Crippen LogP contribution in [0.1, 0.15) is 41.6 Å². The fraction of sp³-hybridized carbons (Fsp3) is 0.185. The zero-order chi connectivity index (χ0) is 22.8. The van der Waals surface area contributed by atoms with Crippen LogP contribution < -0.4 is 10.2 Å². The van der Waals surface area contributed by atoms with Gasteiger partial charge in [-0.15, -0.1) is 0 Å². The van der Waals surface area contributed by atoms with Crippen molar-refractivity contribution in [1.82, 2.24) is 10.3 Å². The summed E-state index contributed by atoms with van der Waals surface area (Å²) in [7, 11) is 0. The Morgan fingerprint density at radius 2 is 1.79 bits per heavy atom. The van der Waals surface area contributed by atoms with E-state index in [1.54, 1.807) is 11.8 Å². The number of hydrogen-bond acceptors (Lipinski definition) is 4. The van der Waals surface area contributed by atoms with Crippen LogP contribution in [0.2, 0.25) is 0 Å². The third-order valence-corrected chi connectivity index (χ3v) is 7.10. The summed E-state index contributed by atoms with van der Waals surface area (Å²) in [6, 6.07) is 26.8. The number of nitrogens with zero attached hydrogens (tertiary/aromatic N) is 2. The fourth-order valence-electron chi connectivity index (χ4n) is 4.08. The zero-order valence-electron chi connectivity index (χ0n) is 18.6. The largest absolute Gasteiger partial charge is 0.452 e. The van der Waals surface area contributed by atoms with Gasteiger partial charge in [0, 0.05) is 16.8 Å². The van der Waals surface area contributed by atoms with E-state index in [1.807, 2.05) is 30.5 Å². The molecule has 1 saturated heterocycles. The minimum Gasteiger partial charge on any atom is -0.452 e. The normalized spacial score (nSPS) is 17.9. The minimum absolute atomic E-state index is 0.118. The molecule has 0 spiro atoms. The Labute approximate surface area is 204 Å². The van der Waals surface area contributed by atoms with Gasteiger partial charge in [0.1, 0.15) is 11.8 Å². The monoisotopic (exact) mass is 471 g/mol. The molecule has 3 heterocycles. The van der Waals surface area contributed by atoms with Crippen LogP contribution in [0.5, 0.6) is 0 Å². The molecule has 1 fully saturated rings. The maximum Gasteiger partial charge on any atom is 0.174 e. The van der Waals surface area contributed by atoms with Gasteiger partial charge in [0.15, 0.2) is 10.2 Å². The van der Waals surface area contributed by atoms with Gasteiger partial charge in [-0.05, 0) is 79.7 Å². The average Bonchev–Trinajstić information content (AvgIpc) is 3.45. The van der Waals surface area contributed by atoms with Crippen molar-refractivity contribution in [2.24, 2.45) is 0 Å². The van der Waals surface area contributed by atoms with Crippen molar-refractivity contribution in [2.45, 2.75) is 42.3 Å². The summed E-state index contributed by atoms with van der Waals surface area (Å²) in [6.07, 6.45) is 2.82. The van der Waals surface area contributed by atoms with Crippen molar-refractivity contribution in [3.8, 4) is 0 Å². The Hall–Kier alpha value is -3.09. The summed E-state index contributed by atoms with van der Waals surface area (Å²) in [5.74, 6) is 0.854. The van der Waals surface area contributed by atoms with Gasteiger partial charge in [-0.3, -0.25) is 4.98 Å². The standard InChI is InChI=1S/C27H25N3OS2/c1-3-19-9-11-20(12-10-19)30-26(25(29-27(30)32)22-6-4-5-17-28-22)23-15-16-24(31-23)33-21-13-7-18(2)8-14-21/h4-17,25-26H,3H2,1-2H3,(H,29,32)/t25-,26-/m0/s1. The summed E-state index contributed by atoms with van der Waals surface area (Å²) < 4.78 is 6.39. The highest BCUT2D eigenvalue weighted by molar-refractivity contribution is 7.99. The number of aryl methyl sites for hydroxylation is 2. The quantitative estimate of drug-likeness (QED) is 0.309. The number of rotatable bonds is 6. The molecule has 2 atom stereocenters. The van der Waals surface area contributed by atoms with Gasteiger partial charge >= 0.3 is 0 Å². The van der Waals surface area contributed by atoms with E-state index in [0.29, 0.717) is 5.11 Å². The van der Waals surface area contributed by atoms with Gasteiger partial charge in [0.25, 0.3) is 0 Å². The van der Waals surface area contributed by atoms with Crippen LogP contribution in [-0.2, 0) is 6.42 Å². The number of thiocarbonyl (C=S) groups is 1. The first-order valence-corrected chi connectivity index (χ1v) is 12.3. The molecule has 0 saturated carbocycles. The Balaban J connectivity index is 1.51. The zero-order valence-corrected chi connectivity index (χ0v) is 20.2. The first-order valence-electron chi connectivity index (χ1n) is 11.1. The van der Waals surface area contributed by atoms with E-state index < -0.39 is 0 Å². The second kappa shape index (κ2) is 9.41. The topological polar surface area (TPSA) is 41.3 Å². The molecule has 4 nitrogen and oxygen atoms in total. The van der Waals surface area contributed by atoms with Gasteiger partial charge < -0.3 is 14.6 Å². The minimum atomic E-state index is -0.146. The van der Waals surface area contributed by atoms with Crippen molar-refractivity contribution in [3.05, 3.63) is 108 Å². The molecular formula is C27H25N3OS2. The number of pyridine rings is 1. The summed E-state index contributed by atoms with van der Waals surface area (Å²) in [5, 5.41) is 5.01. The molecule has 2 aromatic heterocycles. The van der Waals surface area contributed by atoms with Crippen molar-refractivity contribution in [1.29, 1.82) is 0 Å². The molecule has 0 amide bonds. The maximum atomic E-state index is 6.39. The van der Waals surface area contributed by atoms with Crippen molar-refractivity contribution < 1.29 is 4.42 Å². The predicted molar refractivity (Wildman–Crippen MR) is 138 cm³/mol. The Morgan fingerprint density at radius 1 is 1.00 bits per heavy atom. The van der Waals surface area contributed by atoms with Crippen molar-refractivity contribution in [3.63, 3.8) is 0 Å². The number of anilines is 1. The van der Waals surface area contributed by atoms with E-state index in [0.717, 1.165) is 33.6 Å². The molecule has 6 heteroatoms. The average molecular weight is 472 g/mol.